The van der Waals surface area contributed by atoms with Crippen LogP contribution in [0.3, 0.4) is 0 Å². The predicted molar refractivity (Wildman–Crippen MR) is 60.3 cm³/mol. The van der Waals surface area contributed by atoms with E-state index >= 15 is 0 Å². The van der Waals surface area contributed by atoms with E-state index in [1.165, 1.54) is 6.07 Å². The third kappa shape index (κ3) is 1.91. The molecule has 2 N–H and O–H groups in total. The zero-order chi connectivity index (χ0) is 11.8. The Balaban J connectivity index is 2.71. The average molecular weight is 236 g/mol. The summed E-state index contributed by atoms with van der Waals surface area (Å²) in [5.41, 5.74) is -1.07. The molecule has 5 heteroatoms. The van der Waals surface area contributed by atoms with Crippen LogP contribution in [0, 0.1) is 0 Å². The minimum absolute atomic E-state index is 0.0615. The fraction of sp³-hybridized carbons (Fsp3) is 0. The van der Waals surface area contributed by atoms with Crippen LogP contribution in [0.25, 0.3) is 10.8 Å². The Morgan fingerprint density at radius 3 is 2.31 bits per heavy atom. The summed E-state index contributed by atoms with van der Waals surface area (Å²) in [6, 6.07) is 11.8. The van der Waals surface area contributed by atoms with E-state index in [0.717, 1.165) is 5.39 Å². The summed E-state index contributed by atoms with van der Waals surface area (Å²) in [7, 11) is -4.72. The quantitative estimate of drug-likeness (QED) is 0.783. The van der Waals surface area contributed by atoms with Crippen molar-refractivity contribution in [1.82, 2.24) is 0 Å². The molecule has 0 aliphatic rings. The van der Waals surface area contributed by atoms with Crippen molar-refractivity contribution in [1.29, 1.82) is 0 Å². The van der Waals surface area contributed by atoms with E-state index in [0.29, 0.717) is 5.39 Å². The molecule has 0 spiro atoms. The van der Waals surface area contributed by atoms with Gasteiger partial charge in [-0.1, -0.05) is 42.5 Å². The second-order valence-electron chi connectivity index (χ2n) is 3.38. The molecule has 0 radical (unpaired) electrons. The Morgan fingerprint density at radius 2 is 1.62 bits per heavy atom. The normalized spacial score (nSPS) is 11.6. The number of fused-ring (bicyclic) bond motifs is 1. The first-order valence-corrected chi connectivity index (χ1v) is 6.19. The summed E-state index contributed by atoms with van der Waals surface area (Å²) in [5, 5.41) is 1.33. The fourth-order valence-electron chi connectivity index (χ4n) is 1.57. The third-order valence-corrected chi connectivity index (χ3v) is 3.05. The van der Waals surface area contributed by atoms with Crippen molar-refractivity contribution in [3.8, 4) is 0 Å². The molecule has 82 valence electrons. The Morgan fingerprint density at radius 1 is 1.00 bits per heavy atom. The lowest BCUT2D eigenvalue weighted by Crippen LogP contribution is -2.00. The van der Waals surface area contributed by atoms with Crippen LogP contribution in [0.5, 0.6) is 0 Å². The number of benzene rings is 2. The Hall–Kier alpha value is -1.48. The van der Waals surface area contributed by atoms with E-state index in [-0.39, 0.29) is 5.56 Å². The van der Waals surface area contributed by atoms with Gasteiger partial charge in [-0.15, -0.1) is 0 Å². The Bertz CT molecular complexity index is 594. The summed E-state index contributed by atoms with van der Waals surface area (Å²) in [4.78, 5) is 29.2. The lowest BCUT2D eigenvalue weighted by atomic mass is 10.1. The lowest BCUT2D eigenvalue weighted by Gasteiger charge is -2.06. The zero-order valence-corrected chi connectivity index (χ0v) is 9.09. The smallest absolute Gasteiger partial charge is 0.319 e. The molecular formula is C11H9O4P. The molecule has 0 bridgehead atoms. The molecule has 0 heterocycles. The second-order valence-corrected chi connectivity index (χ2v) is 4.87. The summed E-state index contributed by atoms with van der Waals surface area (Å²) >= 11 is 0. The highest BCUT2D eigenvalue weighted by Gasteiger charge is 2.28. The van der Waals surface area contributed by atoms with Gasteiger partial charge >= 0.3 is 7.60 Å². The number of hydrogen-bond acceptors (Lipinski definition) is 2. The van der Waals surface area contributed by atoms with E-state index in [1.54, 1.807) is 36.4 Å². The standard InChI is InChI=1S/C11H9O4P/c12-11(16(13,14)15)10-7-3-5-8-4-1-2-6-9(8)10/h1-7H,(H2,13,14,15). The van der Waals surface area contributed by atoms with Gasteiger partial charge < -0.3 is 9.79 Å². The molecule has 0 saturated carbocycles. The summed E-state index contributed by atoms with van der Waals surface area (Å²) in [5.74, 6) is 0. The van der Waals surface area contributed by atoms with Crippen LogP contribution in [0.15, 0.2) is 42.5 Å². The van der Waals surface area contributed by atoms with Gasteiger partial charge in [0.2, 0.25) is 0 Å². The molecule has 0 unspecified atom stereocenters. The minimum atomic E-state index is -4.72. The van der Waals surface area contributed by atoms with E-state index < -0.39 is 13.1 Å². The third-order valence-electron chi connectivity index (χ3n) is 2.28. The molecule has 0 aromatic heterocycles. The van der Waals surface area contributed by atoms with Crippen molar-refractivity contribution >= 4 is 23.9 Å². The maximum Gasteiger partial charge on any atom is 0.396 e. The van der Waals surface area contributed by atoms with Gasteiger partial charge in [-0.05, 0) is 10.8 Å². The highest BCUT2D eigenvalue weighted by molar-refractivity contribution is 7.71. The maximum absolute atomic E-state index is 11.5. The van der Waals surface area contributed by atoms with Crippen LogP contribution in [-0.2, 0) is 4.57 Å². The first kappa shape index (κ1) is 11.0. The second kappa shape index (κ2) is 3.83. The van der Waals surface area contributed by atoms with Crippen LogP contribution in [-0.4, -0.2) is 15.3 Å². The van der Waals surface area contributed by atoms with Gasteiger partial charge in [0.05, 0.1) is 0 Å². The maximum atomic E-state index is 11.5. The van der Waals surface area contributed by atoms with Crippen LogP contribution in [0.1, 0.15) is 10.4 Å². The van der Waals surface area contributed by atoms with Crippen LogP contribution < -0.4 is 0 Å². The van der Waals surface area contributed by atoms with Crippen molar-refractivity contribution in [3.05, 3.63) is 48.0 Å². The first-order valence-electron chi connectivity index (χ1n) is 4.58. The van der Waals surface area contributed by atoms with Crippen molar-refractivity contribution in [2.45, 2.75) is 0 Å². The molecule has 2 aromatic rings. The van der Waals surface area contributed by atoms with E-state index in [9.17, 15) is 9.36 Å². The van der Waals surface area contributed by atoms with Gasteiger partial charge in [-0.3, -0.25) is 9.36 Å². The monoisotopic (exact) mass is 236 g/mol. The Labute approximate surface area is 91.7 Å². The molecular weight excluding hydrogens is 227 g/mol. The van der Waals surface area contributed by atoms with E-state index in [1.807, 2.05) is 0 Å². The van der Waals surface area contributed by atoms with Gasteiger partial charge in [0.1, 0.15) is 0 Å². The summed E-state index contributed by atoms with van der Waals surface area (Å²) in [6.07, 6.45) is 0. The van der Waals surface area contributed by atoms with Crippen LogP contribution >= 0.6 is 7.60 Å². The average Bonchev–Trinajstić information content (AvgIpc) is 2.26. The first-order chi connectivity index (χ1) is 7.50. The highest BCUT2D eigenvalue weighted by Crippen LogP contribution is 2.40. The molecule has 16 heavy (non-hydrogen) atoms. The van der Waals surface area contributed by atoms with Gasteiger partial charge in [-0.25, -0.2) is 0 Å². The molecule has 0 amide bonds. The molecule has 0 saturated heterocycles. The van der Waals surface area contributed by atoms with Gasteiger partial charge in [0.15, 0.2) is 0 Å². The van der Waals surface area contributed by atoms with E-state index in [4.69, 9.17) is 9.79 Å². The number of carbonyl (C=O) groups excluding carboxylic acids is 1. The van der Waals surface area contributed by atoms with Crippen molar-refractivity contribution in [2.75, 3.05) is 0 Å². The van der Waals surface area contributed by atoms with Crippen molar-refractivity contribution in [3.63, 3.8) is 0 Å². The number of carbonyl (C=O) groups is 1. The number of rotatable bonds is 2. The SMILES string of the molecule is O=C(c1cccc2ccccc12)P(=O)(O)O. The molecule has 0 fully saturated rings. The van der Waals surface area contributed by atoms with Gasteiger partial charge in [-0.2, -0.15) is 0 Å². The predicted octanol–water partition coefficient (Wildman–Crippen LogP) is 2.16. The molecule has 0 aliphatic carbocycles. The van der Waals surface area contributed by atoms with Gasteiger partial charge in [0.25, 0.3) is 5.52 Å². The van der Waals surface area contributed by atoms with Gasteiger partial charge in [0, 0.05) is 5.56 Å². The Kier molecular flexibility index (Phi) is 2.64. The summed E-state index contributed by atoms with van der Waals surface area (Å²) < 4.78 is 10.9. The van der Waals surface area contributed by atoms with Crippen LogP contribution in [0.2, 0.25) is 0 Å². The summed E-state index contributed by atoms with van der Waals surface area (Å²) in [6.45, 7) is 0. The highest BCUT2D eigenvalue weighted by atomic mass is 31.2. The zero-order valence-electron chi connectivity index (χ0n) is 8.20. The van der Waals surface area contributed by atoms with Crippen molar-refractivity contribution < 1.29 is 19.1 Å². The minimum Gasteiger partial charge on any atom is -0.319 e. The van der Waals surface area contributed by atoms with E-state index in [2.05, 4.69) is 0 Å². The lowest BCUT2D eigenvalue weighted by molar-refractivity contribution is 0.104. The van der Waals surface area contributed by atoms with Crippen molar-refractivity contribution in [2.24, 2.45) is 0 Å². The van der Waals surface area contributed by atoms with Crippen LogP contribution in [0.4, 0.5) is 0 Å². The molecule has 4 nitrogen and oxygen atoms in total. The molecule has 0 atom stereocenters. The molecule has 2 aromatic carbocycles. The topological polar surface area (TPSA) is 74.6 Å². The molecule has 2 rings (SSSR count). The number of hydrogen-bond donors (Lipinski definition) is 2. The molecule has 0 aliphatic heterocycles. The fourth-order valence-corrected chi connectivity index (χ4v) is 2.08. The largest absolute Gasteiger partial charge is 0.396 e.